The van der Waals surface area contributed by atoms with Crippen molar-refractivity contribution in [3.63, 3.8) is 0 Å². The van der Waals surface area contributed by atoms with Gasteiger partial charge in [0.25, 0.3) is 0 Å². The number of fused-ring (bicyclic) bond motifs is 3. The average molecular weight is 338 g/mol. The van der Waals surface area contributed by atoms with E-state index in [9.17, 15) is 14.4 Å². The number of carboxylic acid groups (broad SMARTS) is 1. The third kappa shape index (κ3) is 3.52. The summed E-state index contributed by atoms with van der Waals surface area (Å²) in [6.07, 6.45) is 0.471. The fourth-order valence-corrected chi connectivity index (χ4v) is 3.13. The Kier molecular flexibility index (Phi) is 4.52. The van der Waals surface area contributed by atoms with Crippen molar-refractivity contribution < 1.29 is 19.5 Å². The largest absolute Gasteiger partial charge is 0.480 e. The zero-order valence-electron chi connectivity index (χ0n) is 13.7. The molecule has 3 rings (SSSR count). The van der Waals surface area contributed by atoms with Crippen molar-refractivity contribution in [1.29, 1.82) is 0 Å². The van der Waals surface area contributed by atoms with Gasteiger partial charge in [-0.15, -0.1) is 0 Å². The topological polar surface area (TPSA) is 95.5 Å². The lowest BCUT2D eigenvalue weighted by molar-refractivity contribution is -0.142. The summed E-state index contributed by atoms with van der Waals surface area (Å²) in [5.74, 6) is -2.19. The number of aliphatic carboxylic acids is 1. The molecule has 2 aromatic rings. The van der Waals surface area contributed by atoms with Crippen molar-refractivity contribution in [3.8, 4) is 11.1 Å². The Bertz CT molecular complexity index is 860. The highest BCUT2D eigenvalue weighted by Crippen LogP contribution is 2.41. The normalized spacial score (nSPS) is 12.7. The smallest absolute Gasteiger partial charge is 0.326 e. The van der Waals surface area contributed by atoms with E-state index < -0.39 is 23.8 Å². The van der Waals surface area contributed by atoms with E-state index >= 15 is 0 Å². The molecule has 1 atom stereocenters. The Morgan fingerprint density at radius 1 is 1.08 bits per heavy atom. The molecule has 0 heterocycles. The van der Waals surface area contributed by atoms with E-state index in [1.54, 1.807) is 6.07 Å². The van der Waals surface area contributed by atoms with E-state index in [0.29, 0.717) is 5.69 Å². The van der Waals surface area contributed by atoms with Crippen LogP contribution in [0.25, 0.3) is 11.1 Å². The van der Waals surface area contributed by atoms with Crippen LogP contribution in [-0.4, -0.2) is 28.9 Å². The van der Waals surface area contributed by atoms with Gasteiger partial charge < -0.3 is 15.7 Å². The fraction of sp³-hybridized carbons (Fsp3) is 0.211. The molecule has 0 aliphatic heterocycles. The van der Waals surface area contributed by atoms with Crippen LogP contribution in [0.4, 0.5) is 5.69 Å². The Balaban J connectivity index is 1.81. The van der Waals surface area contributed by atoms with Gasteiger partial charge in [-0.2, -0.15) is 0 Å². The van der Waals surface area contributed by atoms with Crippen LogP contribution in [0.2, 0.25) is 0 Å². The predicted molar refractivity (Wildman–Crippen MR) is 93.2 cm³/mol. The minimum Gasteiger partial charge on any atom is -0.480 e. The average Bonchev–Trinajstić information content (AvgIpc) is 2.93. The Hall–Kier alpha value is -3.15. The summed E-state index contributed by atoms with van der Waals surface area (Å²) in [5, 5.41) is 14.2. The van der Waals surface area contributed by atoms with Gasteiger partial charge in [0.05, 0.1) is 6.42 Å². The first-order valence-electron chi connectivity index (χ1n) is 7.95. The molecule has 2 amide bonds. The Labute approximate surface area is 144 Å². The maximum absolute atomic E-state index is 12.3. The Morgan fingerprint density at radius 3 is 2.52 bits per heavy atom. The molecule has 6 nitrogen and oxygen atoms in total. The standard InChI is InChI=1S/C19H18N2O4/c1-11(22)20-16(19(24)25)10-17(23)21-15-8-4-6-13-9-12-5-2-3-7-14(12)18(13)15/h2-8,16H,9-10H2,1H3,(H,20,22)(H,21,23)(H,24,25)/t16-/m0/s1. The minimum absolute atomic E-state index is 0.333. The first-order valence-corrected chi connectivity index (χ1v) is 7.95. The highest BCUT2D eigenvalue weighted by atomic mass is 16.4. The molecule has 0 unspecified atom stereocenters. The molecule has 0 bridgehead atoms. The summed E-state index contributed by atoms with van der Waals surface area (Å²) < 4.78 is 0. The number of hydrogen-bond acceptors (Lipinski definition) is 3. The van der Waals surface area contributed by atoms with Gasteiger partial charge in [0.1, 0.15) is 6.04 Å². The summed E-state index contributed by atoms with van der Waals surface area (Å²) in [7, 11) is 0. The quantitative estimate of drug-likeness (QED) is 0.664. The first-order chi connectivity index (χ1) is 12.0. The second-order valence-electron chi connectivity index (χ2n) is 6.02. The van der Waals surface area contributed by atoms with Crippen molar-refractivity contribution in [3.05, 3.63) is 53.6 Å². The van der Waals surface area contributed by atoms with Gasteiger partial charge in [-0.1, -0.05) is 36.4 Å². The van der Waals surface area contributed by atoms with E-state index in [-0.39, 0.29) is 6.42 Å². The van der Waals surface area contributed by atoms with Crippen molar-refractivity contribution in [2.75, 3.05) is 5.32 Å². The van der Waals surface area contributed by atoms with Crippen LogP contribution in [0.3, 0.4) is 0 Å². The summed E-state index contributed by atoms with van der Waals surface area (Å²) >= 11 is 0. The molecule has 0 saturated carbocycles. The molecule has 6 heteroatoms. The fourth-order valence-electron chi connectivity index (χ4n) is 3.13. The summed E-state index contributed by atoms with van der Waals surface area (Å²) in [5.41, 5.74) is 5.01. The van der Waals surface area contributed by atoms with Crippen LogP contribution in [0, 0.1) is 0 Å². The number of carbonyl (C=O) groups excluding carboxylic acids is 2. The third-order valence-corrected chi connectivity index (χ3v) is 4.16. The lowest BCUT2D eigenvalue weighted by Gasteiger charge is -2.15. The highest BCUT2D eigenvalue weighted by Gasteiger charge is 2.25. The molecular weight excluding hydrogens is 320 g/mol. The lowest BCUT2D eigenvalue weighted by atomic mass is 10.0. The van der Waals surface area contributed by atoms with Crippen molar-refractivity contribution in [1.82, 2.24) is 5.32 Å². The van der Waals surface area contributed by atoms with Crippen molar-refractivity contribution in [2.45, 2.75) is 25.8 Å². The Morgan fingerprint density at radius 2 is 1.80 bits per heavy atom. The maximum Gasteiger partial charge on any atom is 0.326 e. The van der Waals surface area contributed by atoms with Gasteiger partial charge in [-0.25, -0.2) is 4.79 Å². The SMILES string of the molecule is CC(=O)N[C@@H](CC(=O)Nc1cccc2c1-c1ccccc1C2)C(=O)O. The molecule has 3 N–H and O–H groups in total. The number of benzene rings is 2. The zero-order chi connectivity index (χ0) is 18.0. The van der Waals surface area contributed by atoms with E-state index in [4.69, 9.17) is 5.11 Å². The number of anilines is 1. The van der Waals surface area contributed by atoms with Gasteiger partial charge in [0, 0.05) is 18.2 Å². The number of rotatable bonds is 5. The van der Waals surface area contributed by atoms with Crippen molar-refractivity contribution >= 4 is 23.5 Å². The number of nitrogens with one attached hydrogen (secondary N) is 2. The number of carbonyl (C=O) groups is 3. The molecule has 1 aliphatic carbocycles. The highest BCUT2D eigenvalue weighted by molar-refractivity contribution is 6.00. The van der Waals surface area contributed by atoms with E-state index in [1.807, 2.05) is 30.3 Å². The molecule has 25 heavy (non-hydrogen) atoms. The van der Waals surface area contributed by atoms with E-state index in [0.717, 1.165) is 23.1 Å². The molecule has 0 fully saturated rings. The number of amides is 2. The molecule has 0 radical (unpaired) electrons. The van der Waals surface area contributed by atoms with Crippen LogP contribution in [0.15, 0.2) is 42.5 Å². The second kappa shape index (κ2) is 6.76. The summed E-state index contributed by atoms with van der Waals surface area (Å²) in [6.45, 7) is 1.22. The molecule has 128 valence electrons. The molecule has 1 aliphatic rings. The predicted octanol–water partition coefficient (Wildman–Crippen LogP) is 2.18. The number of hydrogen-bond donors (Lipinski definition) is 3. The summed E-state index contributed by atoms with van der Waals surface area (Å²) in [6, 6.07) is 12.4. The van der Waals surface area contributed by atoms with E-state index in [1.165, 1.54) is 12.5 Å². The van der Waals surface area contributed by atoms with Crippen LogP contribution in [0.1, 0.15) is 24.5 Å². The lowest BCUT2D eigenvalue weighted by Crippen LogP contribution is -2.42. The number of carboxylic acids is 1. The molecule has 0 aromatic heterocycles. The van der Waals surface area contributed by atoms with Gasteiger partial charge in [-0.05, 0) is 29.2 Å². The van der Waals surface area contributed by atoms with Gasteiger partial charge in [-0.3, -0.25) is 9.59 Å². The van der Waals surface area contributed by atoms with Gasteiger partial charge in [0.15, 0.2) is 0 Å². The first kappa shape index (κ1) is 16.7. The van der Waals surface area contributed by atoms with Gasteiger partial charge >= 0.3 is 5.97 Å². The zero-order valence-corrected chi connectivity index (χ0v) is 13.7. The molecular formula is C19H18N2O4. The summed E-state index contributed by atoms with van der Waals surface area (Å²) in [4.78, 5) is 34.6. The minimum atomic E-state index is -1.25. The third-order valence-electron chi connectivity index (χ3n) is 4.16. The maximum atomic E-state index is 12.3. The van der Waals surface area contributed by atoms with Crippen molar-refractivity contribution in [2.24, 2.45) is 0 Å². The molecule has 0 saturated heterocycles. The van der Waals surface area contributed by atoms with Crippen LogP contribution < -0.4 is 10.6 Å². The van der Waals surface area contributed by atoms with Crippen LogP contribution in [0.5, 0.6) is 0 Å². The monoisotopic (exact) mass is 338 g/mol. The van der Waals surface area contributed by atoms with Gasteiger partial charge in [0.2, 0.25) is 11.8 Å². The van der Waals surface area contributed by atoms with Crippen LogP contribution >= 0.6 is 0 Å². The van der Waals surface area contributed by atoms with E-state index in [2.05, 4.69) is 16.7 Å². The second-order valence-corrected chi connectivity index (χ2v) is 6.02. The molecule has 2 aromatic carbocycles. The molecule has 0 spiro atoms. The van der Waals surface area contributed by atoms with Crippen LogP contribution in [-0.2, 0) is 20.8 Å².